The normalized spacial score (nSPS) is 10.4. The molecule has 0 aliphatic rings. The number of carbonyl (C=O) groups excluding carboxylic acids is 1. The van der Waals surface area contributed by atoms with E-state index < -0.39 is 17.4 Å². The van der Waals surface area contributed by atoms with Gasteiger partial charge in [-0.3, -0.25) is 4.79 Å². The van der Waals surface area contributed by atoms with E-state index in [2.05, 4.69) is 0 Å². The van der Waals surface area contributed by atoms with Crippen LogP contribution in [-0.2, 0) is 0 Å². The molecule has 0 saturated heterocycles. The maximum atomic E-state index is 13.0. The van der Waals surface area contributed by atoms with Crippen LogP contribution >= 0.6 is 22.9 Å². The maximum absolute atomic E-state index is 13.0. The minimum Gasteiger partial charge on any atom is -0.288 e. The van der Waals surface area contributed by atoms with Crippen molar-refractivity contribution in [2.24, 2.45) is 0 Å². The summed E-state index contributed by atoms with van der Waals surface area (Å²) in [5, 5.41) is 1.64. The van der Waals surface area contributed by atoms with E-state index in [4.69, 9.17) is 11.6 Å². The average molecular weight is 259 g/mol. The van der Waals surface area contributed by atoms with Crippen LogP contribution in [0.25, 0.3) is 0 Å². The molecule has 1 aromatic carbocycles. The predicted molar refractivity (Wildman–Crippen MR) is 59.1 cm³/mol. The second-order valence-corrected chi connectivity index (χ2v) is 4.41. The molecule has 0 atom stereocenters. The van der Waals surface area contributed by atoms with Gasteiger partial charge in [-0.15, -0.1) is 11.3 Å². The highest BCUT2D eigenvalue weighted by atomic mass is 35.5. The maximum Gasteiger partial charge on any atom is 0.204 e. The molecule has 1 heterocycles. The van der Waals surface area contributed by atoms with Gasteiger partial charge in [-0.1, -0.05) is 17.7 Å². The fourth-order valence-electron chi connectivity index (χ4n) is 1.24. The molecule has 0 aliphatic carbocycles. The van der Waals surface area contributed by atoms with E-state index in [0.29, 0.717) is 4.88 Å². The first-order valence-electron chi connectivity index (χ1n) is 4.32. The van der Waals surface area contributed by atoms with Crippen molar-refractivity contribution in [2.45, 2.75) is 0 Å². The minimum atomic E-state index is -1.08. The molecule has 0 bridgehead atoms. The molecule has 1 aromatic heterocycles. The van der Waals surface area contributed by atoms with E-state index in [1.54, 1.807) is 17.5 Å². The van der Waals surface area contributed by atoms with Gasteiger partial charge >= 0.3 is 0 Å². The largest absolute Gasteiger partial charge is 0.288 e. The summed E-state index contributed by atoms with van der Waals surface area (Å²) in [6.07, 6.45) is 0. The third-order valence-electron chi connectivity index (χ3n) is 2.00. The molecule has 82 valence electrons. The summed E-state index contributed by atoms with van der Waals surface area (Å²) in [6, 6.07) is 4.92. The van der Waals surface area contributed by atoms with Crippen molar-refractivity contribution in [3.8, 4) is 0 Å². The molecule has 2 rings (SSSR count). The van der Waals surface area contributed by atoms with Gasteiger partial charge in [0.25, 0.3) is 0 Å². The molecule has 0 spiro atoms. The van der Waals surface area contributed by atoms with Crippen LogP contribution in [0.5, 0.6) is 0 Å². The summed E-state index contributed by atoms with van der Waals surface area (Å²) in [5.41, 5.74) is -0.0250. The molecular formula is C11H5ClF2OS. The summed E-state index contributed by atoms with van der Waals surface area (Å²) in [6.45, 7) is 0. The van der Waals surface area contributed by atoms with E-state index in [-0.39, 0.29) is 10.6 Å². The first kappa shape index (κ1) is 11.2. The van der Waals surface area contributed by atoms with E-state index >= 15 is 0 Å². The first-order chi connectivity index (χ1) is 7.59. The summed E-state index contributed by atoms with van der Waals surface area (Å²) >= 11 is 6.91. The lowest BCUT2D eigenvalue weighted by Crippen LogP contribution is -2.01. The molecule has 0 aliphatic heterocycles. The molecule has 16 heavy (non-hydrogen) atoms. The molecule has 1 nitrogen and oxygen atoms in total. The van der Waals surface area contributed by atoms with Gasteiger partial charge in [-0.2, -0.15) is 0 Å². The molecule has 0 N–H and O–H groups in total. The van der Waals surface area contributed by atoms with Crippen LogP contribution in [-0.4, -0.2) is 5.78 Å². The van der Waals surface area contributed by atoms with Gasteiger partial charge in [-0.25, -0.2) is 8.78 Å². The molecule has 5 heteroatoms. The van der Waals surface area contributed by atoms with E-state index in [9.17, 15) is 13.6 Å². The Kier molecular flexibility index (Phi) is 3.03. The number of rotatable bonds is 2. The lowest BCUT2D eigenvalue weighted by atomic mass is 10.1. The van der Waals surface area contributed by atoms with Crippen molar-refractivity contribution in [3.05, 3.63) is 56.7 Å². The summed E-state index contributed by atoms with van der Waals surface area (Å²) in [7, 11) is 0. The number of thiophene rings is 1. The second kappa shape index (κ2) is 4.31. The van der Waals surface area contributed by atoms with Gasteiger partial charge in [0.05, 0.1) is 9.90 Å². The molecule has 0 saturated carbocycles. The Morgan fingerprint density at radius 2 is 1.94 bits per heavy atom. The van der Waals surface area contributed by atoms with E-state index in [0.717, 1.165) is 12.1 Å². The number of hydrogen-bond acceptors (Lipinski definition) is 2. The lowest BCUT2D eigenvalue weighted by molar-refractivity contribution is 0.104. The highest BCUT2D eigenvalue weighted by molar-refractivity contribution is 7.12. The van der Waals surface area contributed by atoms with Crippen molar-refractivity contribution in [1.82, 2.24) is 0 Å². The molecular weight excluding hydrogens is 254 g/mol. The Bertz CT molecular complexity index is 537. The van der Waals surface area contributed by atoms with Gasteiger partial charge < -0.3 is 0 Å². The van der Waals surface area contributed by atoms with Crippen molar-refractivity contribution in [3.63, 3.8) is 0 Å². The van der Waals surface area contributed by atoms with Crippen LogP contribution in [0.1, 0.15) is 15.2 Å². The third-order valence-corrected chi connectivity index (χ3v) is 3.18. The lowest BCUT2D eigenvalue weighted by Gasteiger charge is -2.02. The Balaban J connectivity index is 2.49. The summed E-state index contributed by atoms with van der Waals surface area (Å²) in [4.78, 5) is 12.3. The Hall–Kier alpha value is -1.26. The van der Waals surface area contributed by atoms with Gasteiger partial charge in [0.15, 0.2) is 11.6 Å². The van der Waals surface area contributed by atoms with E-state index in [1.165, 1.54) is 11.3 Å². The third kappa shape index (κ3) is 1.99. The van der Waals surface area contributed by atoms with Crippen molar-refractivity contribution >= 4 is 28.7 Å². The second-order valence-electron chi connectivity index (χ2n) is 3.05. The minimum absolute atomic E-state index is 0.0250. The molecule has 0 radical (unpaired) electrons. The van der Waals surface area contributed by atoms with Crippen LogP contribution in [0.4, 0.5) is 8.78 Å². The number of benzene rings is 1. The molecule has 0 fully saturated rings. The van der Waals surface area contributed by atoms with Crippen molar-refractivity contribution in [2.75, 3.05) is 0 Å². The van der Waals surface area contributed by atoms with Gasteiger partial charge in [0.1, 0.15) is 0 Å². The van der Waals surface area contributed by atoms with Crippen LogP contribution in [0, 0.1) is 11.6 Å². The van der Waals surface area contributed by atoms with Gasteiger partial charge in [0.2, 0.25) is 5.78 Å². The molecule has 0 unspecified atom stereocenters. The van der Waals surface area contributed by atoms with Crippen LogP contribution in [0.3, 0.4) is 0 Å². The first-order valence-corrected chi connectivity index (χ1v) is 5.58. The predicted octanol–water partition coefficient (Wildman–Crippen LogP) is 3.91. The summed E-state index contributed by atoms with van der Waals surface area (Å²) < 4.78 is 25.8. The fraction of sp³-hybridized carbons (Fsp3) is 0. The zero-order chi connectivity index (χ0) is 11.7. The number of ketones is 1. The van der Waals surface area contributed by atoms with Gasteiger partial charge in [-0.05, 0) is 23.6 Å². The SMILES string of the molecule is O=C(c1cccs1)c1cc(F)c(F)cc1Cl. The van der Waals surface area contributed by atoms with E-state index in [1.807, 2.05) is 0 Å². The standard InChI is InChI=1S/C11H5ClF2OS/c12-7-5-9(14)8(13)4-6(7)11(15)10-2-1-3-16-10/h1-5H. The number of hydrogen-bond donors (Lipinski definition) is 0. The smallest absolute Gasteiger partial charge is 0.204 e. The quantitative estimate of drug-likeness (QED) is 0.590. The summed E-state index contributed by atoms with van der Waals surface area (Å²) in [5.74, 6) is -2.55. The van der Waals surface area contributed by atoms with Crippen molar-refractivity contribution in [1.29, 1.82) is 0 Å². The van der Waals surface area contributed by atoms with Crippen LogP contribution < -0.4 is 0 Å². The molecule has 0 amide bonds. The fourth-order valence-corrected chi connectivity index (χ4v) is 2.15. The Morgan fingerprint density at radius 1 is 1.25 bits per heavy atom. The number of carbonyl (C=O) groups is 1. The zero-order valence-corrected chi connectivity index (χ0v) is 9.41. The Morgan fingerprint density at radius 3 is 2.56 bits per heavy atom. The monoisotopic (exact) mass is 258 g/mol. The molecule has 2 aromatic rings. The highest BCUT2D eigenvalue weighted by Crippen LogP contribution is 2.24. The Labute approximate surface area is 99.3 Å². The van der Waals surface area contributed by atoms with Crippen molar-refractivity contribution < 1.29 is 13.6 Å². The topological polar surface area (TPSA) is 17.1 Å². The zero-order valence-electron chi connectivity index (χ0n) is 7.84. The number of halogens is 3. The average Bonchev–Trinajstić information content (AvgIpc) is 2.75. The van der Waals surface area contributed by atoms with Crippen LogP contribution in [0.15, 0.2) is 29.6 Å². The van der Waals surface area contributed by atoms with Gasteiger partial charge in [0, 0.05) is 5.56 Å². The van der Waals surface area contributed by atoms with Crippen LogP contribution in [0.2, 0.25) is 5.02 Å². The highest BCUT2D eigenvalue weighted by Gasteiger charge is 2.17.